The normalized spacial score (nSPS) is 18.7. The van der Waals surface area contributed by atoms with Gasteiger partial charge in [0.05, 0.1) is 29.9 Å². The first-order chi connectivity index (χ1) is 24.7. The fourth-order valence-electron chi connectivity index (χ4n) is 6.30. The molecule has 0 spiro atoms. The topological polar surface area (TPSA) is 242 Å². The monoisotopic (exact) mass is 733 g/mol. The van der Waals surface area contributed by atoms with Gasteiger partial charge in [-0.05, 0) is 55.1 Å². The van der Waals surface area contributed by atoms with Crippen LogP contribution in [0.4, 0.5) is 21.5 Å². The number of benzene rings is 3. The average Bonchev–Trinajstić information content (AvgIpc) is 3.74. The van der Waals surface area contributed by atoms with Crippen molar-refractivity contribution in [2.24, 2.45) is 0 Å². The van der Waals surface area contributed by atoms with Crippen LogP contribution in [0.25, 0.3) is 10.8 Å². The maximum absolute atomic E-state index is 15.4. The first-order valence-electron chi connectivity index (χ1n) is 15.8. The number of carbonyl (C=O) groups is 6. The van der Waals surface area contributed by atoms with E-state index in [4.69, 9.17) is 0 Å². The Hall–Kier alpha value is -6.44. The molecule has 20 heteroatoms. The van der Waals surface area contributed by atoms with Crippen molar-refractivity contribution in [1.82, 2.24) is 29.9 Å². The van der Waals surface area contributed by atoms with Crippen molar-refractivity contribution < 1.29 is 46.7 Å². The largest absolute Gasteiger partial charge is 0.506 e. The van der Waals surface area contributed by atoms with Crippen LogP contribution in [-0.4, -0.2) is 81.4 Å². The van der Waals surface area contributed by atoms with Crippen LogP contribution in [0.2, 0.25) is 0 Å². The molecule has 3 aliphatic rings. The summed E-state index contributed by atoms with van der Waals surface area (Å²) in [6.45, 7) is 1.17. The first kappa shape index (κ1) is 34.0. The molecule has 5 N–H and O–H groups in total. The maximum Gasteiger partial charge on any atom is 0.326 e. The van der Waals surface area contributed by atoms with Crippen molar-refractivity contribution in [3.63, 3.8) is 0 Å². The Morgan fingerprint density at radius 2 is 1.88 bits per heavy atom. The van der Waals surface area contributed by atoms with Gasteiger partial charge in [0.1, 0.15) is 29.7 Å². The molecule has 3 aromatic carbocycles. The highest BCUT2D eigenvalue weighted by Crippen LogP contribution is 2.39. The number of rotatable bonds is 9. The lowest BCUT2D eigenvalue weighted by Crippen LogP contribution is -2.54. The van der Waals surface area contributed by atoms with E-state index in [1.807, 2.05) is 0 Å². The minimum atomic E-state index is -4.37. The van der Waals surface area contributed by atoms with E-state index in [1.54, 1.807) is 30.0 Å². The van der Waals surface area contributed by atoms with Crippen molar-refractivity contribution in [1.29, 1.82) is 0 Å². The van der Waals surface area contributed by atoms with Gasteiger partial charge in [-0.1, -0.05) is 11.3 Å². The van der Waals surface area contributed by atoms with E-state index in [1.165, 1.54) is 28.9 Å². The lowest BCUT2D eigenvalue weighted by Gasteiger charge is -2.27. The molecule has 268 valence electrons. The van der Waals surface area contributed by atoms with Gasteiger partial charge in [-0.25, -0.2) is 13.4 Å². The minimum Gasteiger partial charge on any atom is -0.506 e. The number of fused-ring (bicyclic) bond motifs is 2. The second-order valence-corrected chi connectivity index (χ2v) is 13.9. The summed E-state index contributed by atoms with van der Waals surface area (Å²) in [5.41, 5.74) is 0.592. The molecule has 4 aromatic rings. The quantitative estimate of drug-likeness (QED) is 0.152. The Kier molecular flexibility index (Phi) is 8.32. The van der Waals surface area contributed by atoms with Crippen LogP contribution in [0, 0.1) is 5.82 Å². The van der Waals surface area contributed by atoms with Gasteiger partial charge in [-0.2, -0.15) is 8.42 Å². The van der Waals surface area contributed by atoms with Crippen molar-refractivity contribution in [2.75, 3.05) is 21.5 Å². The number of hydrogen-bond acceptors (Lipinski definition) is 12. The van der Waals surface area contributed by atoms with E-state index in [0.717, 1.165) is 11.0 Å². The van der Waals surface area contributed by atoms with E-state index in [9.17, 15) is 42.3 Å². The number of nitrogens with one attached hydrogen (secondary N) is 4. The Morgan fingerprint density at radius 3 is 2.62 bits per heavy atom. The fraction of sp³-hybridized carbons (Fsp3) is 0.250. The predicted octanol–water partition coefficient (Wildman–Crippen LogP) is 1.06. The standard InChI is InChI=1S/C32H28FN9O9S/c1-15(34-20-4-2-3-19-27(20)32(49)42(31(19)48)22-7-8-24(44)36-30(22)47)21-13-40(39-37-21)10-9-25(45)35-17-5-6-18-16(11-17)12-23(43)29(28(18)33)41-14-26(46)38-52(41,50)51/h2-6,11-13,15,22,34,43H,7-10,14H2,1H3,(H,35,45)(H,38,46)(H,36,44,47). The van der Waals surface area contributed by atoms with Crippen LogP contribution in [-0.2, 0) is 35.9 Å². The zero-order valence-corrected chi connectivity index (χ0v) is 27.9. The van der Waals surface area contributed by atoms with Gasteiger partial charge in [-0.15, -0.1) is 5.10 Å². The molecule has 4 heterocycles. The van der Waals surface area contributed by atoms with Crippen molar-refractivity contribution in [2.45, 2.75) is 44.8 Å². The summed E-state index contributed by atoms with van der Waals surface area (Å²) in [7, 11) is -4.37. The molecule has 7 rings (SSSR count). The third-order valence-electron chi connectivity index (χ3n) is 8.79. The molecular formula is C32H28FN9O9S. The Labute approximate surface area is 293 Å². The number of amides is 6. The fourth-order valence-corrected chi connectivity index (χ4v) is 7.47. The Bertz CT molecular complexity index is 2360. The molecule has 2 atom stereocenters. The summed E-state index contributed by atoms with van der Waals surface area (Å²) >= 11 is 0. The van der Waals surface area contributed by atoms with Gasteiger partial charge in [0.15, 0.2) is 5.82 Å². The number of carbonyl (C=O) groups excluding carboxylic acids is 6. The Morgan fingerprint density at radius 1 is 1.10 bits per heavy atom. The van der Waals surface area contributed by atoms with Gasteiger partial charge in [0.25, 0.3) is 17.7 Å². The molecular weight excluding hydrogens is 705 g/mol. The molecule has 6 amide bonds. The third-order valence-corrected chi connectivity index (χ3v) is 10.2. The van der Waals surface area contributed by atoms with Gasteiger partial charge >= 0.3 is 10.2 Å². The van der Waals surface area contributed by atoms with Crippen molar-refractivity contribution >= 4 is 73.5 Å². The molecule has 2 unspecified atom stereocenters. The van der Waals surface area contributed by atoms with Crippen LogP contribution in [0.5, 0.6) is 5.75 Å². The highest BCUT2D eigenvalue weighted by Gasteiger charge is 2.46. The summed E-state index contributed by atoms with van der Waals surface area (Å²) in [5, 5.41) is 26.8. The molecule has 0 bridgehead atoms. The number of aromatic hydroxyl groups is 1. The molecule has 52 heavy (non-hydrogen) atoms. The number of phenols is 1. The zero-order valence-electron chi connectivity index (χ0n) is 27.0. The maximum atomic E-state index is 15.4. The smallest absolute Gasteiger partial charge is 0.326 e. The molecule has 3 aliphatic heterocycles. The zero-order chi connectivity index (χ0) is 37.1. The molecule has 0 radical (unpaired) electrons. The number of halogens is 1. The SMILES string of the molecule is CC(Nc1cccc2c1C(=O)N(C1CCC(=O)NC1=O)C2=O)c1cn(CCC(=O)Nc2ccc3c(F)c(N4CC(=O)NS4(=O)=O)c(O)cc3c2)nn1. The molecule has 1 aromatic heterocycles. The number of aromatic nitrogens is 3. The van der Waals surface area contributed by atoms with Crippen LogP contribution >= 0.6 is 0 Å². The molecule has 0 aliphatic carbocycles. The number of hydrogen-bond donors (Lipinski definition) is 5. The number of phenolic OH excluding ortho intramolecular Hbond substituents is 1. The lowest BCUT2D eigenvalue weighted by molar-refractivity contribution is -0.136. The van der Waals surface area contributed by atoms with E-state index in [0.29, 0.717) is 15.7 Å². The molecule has 2 fully saturated rings. The van der Waals surface area contributed by atoms with Crippen molar-refractivity contribution in [3.8, 4) is 5.75 Å². The summed E-state index contributed by atoms with van der Waals surface area (Å²) in [6.07, 6.45) is 1.58. The van der Waals surface area contributed by atoms with Crippen LogP contribution in [0.15, 0.2) is 48.7 Å². The second kappa shape index (κ2) is 12.7. The first-order valence-corrected chi connectivity index (χ1v) is 17.3. The summed E-state index contributed by atoms with van der Waals surface area (Å²) in [4.78, 5) is 75.9. The highest BCUT2D eigenvalue weighted by molar-refractivity contribution is 7.92. The summed E-state index contributed by atoms with van der Waals surface area (Å²) < 4.78 is 43.4. The van der Waals surface area contributed by atoms with Crippen LogP contribution < -0.4 is 25.0 Å². The summed E-state index contributed by atoms with van der Waals surface area (Å²) in [5.74, 6) is -5.57. The second-order valence-electron chi connectivity index (χ2n) is 12.3. The third kappa shape index (κ3) is 6.01. The summed E-state index contributed by atoms with van der Waals surface area (Å²) in [6, 6.07) is 8.30. The van der Waals surface area contributed by atoms with Gasteiger partial charge in [0.2, 0.25) is 17.7 Å². The van der Waals surface area contributed by atoms with Crippen LogP contribution in [0.3, 0.4) is 0 Å². The number of aryl methyl sites for hydroxylation is 1. The van der Waals surface area contributed by atoms with Crippen molar-refractivity contribution in [3.05, 3.63) is 71.3 Å². The van der Waals surface area contributed by atoms with Crippen LogP contribution in [0.1, 0.15) is 58.6 Å². The van der Waals surface area contributed by atoms with Gasteiger partial charge in [0, 0.05) is 29.6 Å². The number of piperidine rings is 1. The lowest BCUT2D eigenvalue weighted by atomic mass is 10.0. The van der Waals surface area contributed by atoms with E-state index >= 15 is 4.39 Å². The number of nitrogens with zero attached hydrogens (tertiary/aromatic N) is 5. The molecule has 18 nitrogen and oxygen atoms in total. The highest BCUT2D eigenvalue weighted by atomic mass is 32.2. The van der Waals surface area contributed by atoms with E-state index in [-0.39, 0.29) is 53.4 Å². The van der Waals surface area contributed by atoms with E-state index in [2.05, 4.69) is 26.3 Å². The van der Waals surface area contributed by atoms with E-state index < -0.39 is 81.5 Å². The molecule has 0 saturated carbocycles. The number of anilines is 3. The minimum absolute atomic E-state index is 0.000262. The Balaban J connectivity index is 0.983. The predicted molar refractivity (Wildman–Crippen MR) is 178 cm³/mol. The average molecular weight is 734 g/mol. The van der Waals surface area contributed by atoms with Gasteiger partial charge < -0.3 is 15.7 Å². The molecule has 2 saturated heterocycles. The van der Waals surface area contributed by atoms with Gasteiger partial charge in [-0.3, -0.25) is 43.7 Å². The number of imide groups is 2.